The van der Waals surface area contributed by atoms with E-state index in [0.29, 0.717) is 30.3 Å². The van der Waals surface area contributed by atoms with E-state index in [1.54, 1.807) is 18.2 Å². The molecule has 1 aromatic carbocycles. The zero-order valence-electron chi connectivity index (χ0n) is 8.91. The molecular weight excluding hydrogens is 228 g/mol. The van der Waals surface area contributed by atoms with Crippen LogP contribution in [0.25, 0.3) is 0 Å². The molecule has 0 fully saturated rings. The number of halogens is 1. The highest BCUT2D eigenvalue weighted by atomic mass is 35.5. The fourth-order valence-corrected chi connectivity index (χ4v) is 1.42. The molecule has 0 unspecified atom stereocenters. The summed E-state index contributed by atoms with van der Waals surface area (Å²) in [5.41, 5.74) is 11.7. The second kappa shape index (κ2) is 6.48. The Hall–Kier alpha value is -1.10. The Morgan fingerprint density at radius 3 is 2.75 bits per heavy atom. The molecule has 16 heavy (non-hydrogen) atoms. The fourth-order valence-electron chi connectivity index (χ4n) is 1.19. The summed E-state index contributed by atoms with van der Waals surface area (Å²) < 4.78 is 5.36. The smallest absolute Gasteiger partial charge is 0.248 e. The van der Waals surface area contributed by atoms with Crippen molar-refractivity contribution >= 4 is 17.5 Å². The SMILES string of the molecule is NCCCOCc1ccc(C(N)=O)cc1Cl. The van der Waals surface area contributed by atoms with Gasteiger partial charge in [-0.2, -0.15) is 0 Å². The van der Waals surface area contributed by atoms with Crippen molar-refractivity contribution < 1.29 is 9.53 Å². The van der Waals surface area contributed by atoms with Crippen molar-refractivity contribution in [1.29, 1.82) is 0 Å². The first-order valence-electron chi connectivity index (χ1n) is 5.01. The van der Waals surface area contributed by atoms with Crippen molar-refractivity contribution in [3.63, 3.8) is 0 Å². The molecule has 5 heteroatoms. The Morgan fingerprint density at radius 1 is 1.44 bits per heavy atom. The predicted octanol–water partition coefficient (Wildman–Crippen LogP) is 1.30. The minimum absolute atomic E-state index is 0.399. The monoisotopic (exact) mass is 242 g/mol. The Balaban J connectivity index is 2.57. The molecule has 0 aromatic heterocycles. The molecule has 4 nitrogen and oxygen atoms in total. The molecule has 1 aromatic rings. The molecule has 0 radical (unpaired) electrons. The Bertz CT molecular complexity index is 369. The number of nitrogens with two attached hydrogens (primary N) is 2. The van der Waals surface area contributed by atoms with Crippen LogP contribution in [-0.2, 0) is 11.3 Å². The van der Waals surface area contributed by atoms with Gasteiger partial charge in [-0.3, -0.25) is 4.79 Å². The van der Waals surface area contributed by atoms with Crippen LogP contribution in [0.5, 0.6) is 0 Å². The highest BCUT2D eigenvalue weighted by Gasteiger charge is 2.05. The summed E-state index contributed by atoms with van der Waals surface area (Å²) in [6, 6.07) is 4.92. The number of ether oxygens (including phenoxy) is 1. The molecule has 0 spiro atoms. The second-order valence-corrected chi connectivity index (χ2v) is 3.77. The number of rotatable bonds is 6. The quantitative estimate of drug-likeness (QED) is 0.738. The Kier molecular flexibility index (Phi) is 5.25. The first kappa shape index (κ1) is 13.0. The molecule has 0 bridgehead atoms. The van der Waals surface area contributed by atoms with Crippen LogP contribution < -0.4 is 11.5 Å². The summed E-state index contributed by atoms with van der Waals surface area (Å²) in [5, 5.41) is 0.490. The number of carbonyl (C=O) groups is 1. The van der Waals surface area contributed by atoms with Gasteiger partial charge in [-0.1, -0.05) is 17.7 Å². The molecule has 0 saturated heterocycles. The minimum atomic E-state index is -0.488. The van der Waals surface area contributed by atoms with Gasteiger partial charge in [0.25, 0.3) is 0 Å². The first-order valence-corrected chi connectivity index (χ1v) is 5.39. The highest BCUT2D eigenvalue weighted by molar-refractivity contribution is 6.31. The maximum absolute atomic E-state index is 10.9. The number of primary amides is 1. The van der Waals surface area contributed by atoms with E-state index in [2.05, 4.69) is 0 Å². The van der Waals surface area contributed by atoms with Gasteiger partial charge in [-0.05, 0) is 30.7 Å². The van der Waals surface area contributed by atoms with Crippen molar-refractivity contribution in [2.75, 3.05) is 13.2 Å². The fraction of sp³-hybridized carbons (Fsp3) is 0.364. The maximum Gasteiger partial charge on any atom is 0.248 e. The summed E-state index contributed by atoms with van der Waals surface area (Å²) in [6.45, 7) is 1.62. The molecule has 88 valence electrons. The molecule has 0 saturated carbocycles. The van der Waals surface area contributed by atoms with E-state index in [1.165, 1.54) is 0 Å². The number of hydrogen-bond donors (Lipinski definition) is 2. The topological polar surface area (TPSA) is 78.3 Å². The van der Waals surface area contributed by atoms with Crippen LogP contribution in [0.15, 0.2) is 18.2 Å². The van der Waals surface area contributed by atoms with Crippen molar-refractivity contribution in [1.82, 2.24) is 0 Å². The van der Waals surface area contributed by atoms with E-state index in [4.69, 9.17) is 27.8 Å². The van der Waals surface area contributed by atoms with Crippen LogP contribution in [0.4, 0.5) is 0 Å². The Labute approximate surface area is 99.5 Å². The summed E-state index contributed by atoms with van der Waals surface area (Å²) in [7, 11) is 0. The Morgan fingerprint density at radius 2 is 2.19 bits per heavy atom. The van der Waals surface area contributed by atoms with Gasteiger partial charge >= 0.3 is 0 Å². The largest absolute Gasteiger partial charge is 0.377 e. The van der Waals surface area contributed by atoms with E-state index in [-0.39, 0.29) is 0 Å². The summed E-state index contributed by atoms with van der Waals surface area (Å²) in [5.74, 6) is -0.488. The molecule has 0 atom stereocenters. The summed E-state index contributed by atoms with van der Waals surface area (Å²) >= 11 is 5.97. The van der Waals surface area contributed by atoms with E-state index >= 15 is 0 Å². The molecule has 0 heterocycles. The van der Waals surface area contributed by atoms with Crippen LogP contribution in [-0.4, -0.2) is 19.1 Å². The lowest BCUT2D eigenvalue weighted by Gasteiger charge is -2.06. The van der Waals surface area contributed by atoms with Crippen molar-refractivity contribution in [3.8, 4) is 0 Å². The zero-order chi connectivity index (χ0) is 12.0. The average molecular weight is 243 g/mol. The minimum Gasteiger partial charge on any atom is -0.377 e. The van der Waals surface area contributed by atoms with E-state index in [1.807, 2.05) is 0 Å². The number of carbonyl (C=O) groups excluding carboxylic acids is 1. The van der Waals surface area contributed by atoms with E-state index < -0.39 is 5.91 Å². The lowest BCUT2D eigenvalue weighted by Crippen LogP contribution is -2.11. The predicted molar refractivity (Wildman–Crippen MR) is 63.3 cm³/mol. The number of benzene rings is 1. The van der Waals surface area contributed by atoms with Gasteiger partial charge in [0.1, 0.15) is 0 Å². The average Bonchev–Trinajstić information content (AvgIpc) is 2.26. The van der Waals surface area contributed by atoms with Gasteiger partial charge in [0.2, 0.25) is 5.91 Å². The molecule has 4 N–H and O–H groups in total. The summed E-state index contributed by atoms with van der Waals surface area (Å²) in [4.78, 5) is 10.9. The van der Waals surface area contributed by atoms with Crippen LogP contribution in [0.3, 0.4) is 0 Å². The third-order valence-electron chi connectivity index (χ3n) is 2.09. The van der Waals surface area contributed by atoms with Gasteiger partial charge in [-0.25, -0.2) is 0 Å². The van der Waals surface area contributed by atoms with Crippen molar-refractivity contribution in [2.45, 2.75) is 13.0 Å². The normalized spacial score (nSPS) is 10.4. The van der Waals surface area contributed by atoms with Gasteiger partial charge in [0.15, 0.2) is 0 Å². The molecule has 1 amide bonds. The number of hydrogen-bond acceptors (Lipinski definition) is 3. The maximum atomic E-state index is 10.9. The van der Waals surface area contributed by atoms with Crippen LogP contribution >= 0.6 is 11.6 Å². The molecule has 1 rings (SSSR count). The lowest BCUT2D eigenvalue weighted by molar-refractivity contribution is 0.1000. The molecular formula is C11H15ClN2O2. The molecule has 0 aliphatic carbocycles. The van der Waals surface area contributed by atoms with Gasteiger partial charge in [0, 0.05) is 17.2 Å². The summed E-state index contributed by atoms with van der Waals surface area (Å²) in [6.07, 6.45) is 0.816. The zero-order valence-corrected chi connectivity index (χ0v) is 9.67. The van der Waals surface area contributed by atoms with Gasteiger partial charge < -0.3 is 16.2 Å². The standard InChI is InChI=1S/C11H15ClN2O2/c12-10-6-8(11(14)15)2-3-9(10)7-16-5-1-4-13/h2-3,6H,1,4-5,7,13H2,(H2,14,15). The molecule has 0 aliphatic rings. The third-order valence-corrected chi connectivity index (χ3v) is 2.44. The van der Waals surface area contributed by atoms with Crippen LogP contribution in [0.1, 0.15) is 22.3 Å². The van der Waals surface area contributed by atoms with Crippen LogP contribution in [0, 0.1) is 0 Å². The highest BCUT2D eigenvalue weighted by Crippen LogP contribution is 2.18. The second-order valence-electron chi connectivity index (χ2n) is 3.37. The van der Waals surface area contributed by atoms with Crippen molar-refractivity contribution in [3.05, 3.63) is 34.3 Å². The lowest BCUT2D eigenvalue weighted by atomic mass is 10.1. The van der Waals surface area contributed by atoms with E-state index in [9.17, 15) is 4.79 Å². The third kappa shape index (κ3) is 3.81. The number of amides is 1. The van der Waals surface area contributed by atoms with Gasteiger partial charge in [-0.15, -0.1) is 0 Å². The van der Waals surface area contributed by atoms with Crippen molar-refractivity contribution in [2.24, 2.45) is 11.5 Å². The van der Waals surface area contributed by atoms with E-state index in [0.717, 1.165) is 12.0 Å². The molecule has 0 aliphatic heterocycles. The first-order chi connectivity index (χ1) is 7.65. The van der Waals surface area contributed by atoms with Crippen LogP contribution in [0.2, 0.25) is 5.02 Å². The van der Waals surface area contributed by atoms with Gasteiger partial charge in [0.05, 0.1) is 6.61 Å².